The van der Waals surface area contributed by atoms with Crippen molar-refractivity contribution in [2.45, 2.75) is 37.4 Å². The van der Waals surface area contributed by atoms with Gasteiger partial charge in [-0.2, -0.15) is 5.10 Å². The minimum atomic E-state index is -0.835. The number of ether oxygens (including phenoxy) is 1. The number of rotatable bonds is 6. The fourth-order valence-corrected chi connectivity index (χ4v) is 4.55. The number of carbonyl (C=O) groups is 1. The Bertz CT molecular complexity index is 1340. The minimum absolute atomic E-state index is 0. The zero-order valence-corrected chi connectivity index (χ0v) is 20.1. The molecular formula is C23H26ClF2N7O2. The summed E-state index contributed by atoms with van der Waals surface area (Å²) in [5.74, 6) is 3.24. The molecule has 5 rings (SSSR count). The van der Waals surface area contributed by atoms with Crippen LogP contribution < -0.4 is 16.4 Å². The molecule has 35 heavy (non-hydrogen) atoms. The Morgan fingerprint density at radius 3 is 2.77 bits per heavy atom. The lowest BCUT2D eigenvalue weighted by molar-refractivity contribution is 0.100. The van der Waals surface area contributed by atoms with E-state index in [0.29, 0.717) is 24.5 Å². The molecule has 4 N–H and O–H groups in total. The number of imidazole rings is 1. The minimum Gasteiger partial charge on any atom is -0.383 e. The third-order valence-corrected chi connectivity index (χ3v) is 6.31. The lowest BCUT2D eigenvalue weighted by Gasteiger charge is -2.14. The number of hydrogen-bond donors (Lipinski definition) is 3. The van der Waals surface area contributed by atoms with Crippen molar-refractivity contribution >= 4 is 35.2 Å². The smallest absolute Gasteiger partial charge is 0.255 e. The summed E-state index contributed by atoms with van der Waals surface area (Å²) in [6.07, 6.45) is 4.18. The Morgan fingerprint density at radius 1 is 1.34 bits per heavy atom. The van der Waals surface area contributed by atoms with E-state index >= 15 is 4.39 Å². The molecule has 0 spiro atoms. The van der Waals surface area contributed by atoms with E-state index < -0.39 is 23.1 Å². The number of fused-ring (bicyclic) bond motifs is 1. The van der Waals surface area contributed by atoms with E-state index in [-0.39, 0.29) is 47.3 Å². The molecule has 1 aliphatic carbocycles. The number of nitrogens with one attached hydrogen (secondary N) is 2. The van der Waals surface area contributed by atoms with Crippen LogP contribution >= 0.6 is 12.4 Å². The summed E-state index contributed by atoms with van der Waals surface area (Å²) in [5.41, 5.74) is 5.79. The molecule has 1 aromatic carbocycles. The van der Waals surface area contributed by atoms with Crippen LogP contribution in [0.25, 0.3) is 11.0 Å². The largest absolute Gasteiger partial charge is 0.383 e. The Kier molecular flexibility index (Phi) is 6.98. The Hall–Kier alpha value is -3.20. The first kappa shape index (κ1) is 24.9. The molecule has 3 aromatic rings. The average molecular weight is 506 g/mol. The maximum Gasteiger partial charge on any atom is 0.255 e. The number of aromatic nitrogens is 4. The molecule has 12 heteroatoms. The molecule has 2 aromatic heterocycles. The zero-order chi connectivity index (χ0) is 24.0. The van der Waals surface area contributed by atoms with Crippen molar-refractivity contribution in [1.29, 1.82) is 0 Å². The molecule has 0 bridgehead atoms. The van der Waals surface area contributed by atoms with Gasteiger partial charge in [0.25, 0.3) is 5.91 Å². The van der Waals surface area contributed by atoms with Gasteiger partial charge < -0.3 is 25.7 Å². The summed E-state index contributed by atoms with van der Waals surface area (Å²) in [6.45, 7) is 1.15. The number of benzene rings is 1. The fourth-order valence-electron chi connectivity index (χ4n) is 4.55. The highest BCUT2D eigenvalue weighted by atomic mass is 35.5. The van der Waals surface area contributed by atoms with E-state index in [2.05, 4.69) is 32.6 Å². The lowest BCUT2D eigenvalue weighted by atomic mass is 10.1. The van der Waals surface area contributed by atoms with Crippen LogP contribution in [-0.2, 0) is 4.74 Å². The summed E-state index contributed by atoms with van der Waals surface area (Å²) in [4.78, 5) is 16.4. The molecule has 2 fully saturated rings. The predicted octanol–water partition coefficient (Wildman–Crippen LogP) is 2.36. The first-order chi connectivity index (χ1) is 16.4. The summed E-state index contributed by atoms with van der Waals surface area (Å²) in [6, 6.07) is 1.55. The van der Waals surface area contributed by atoms with E-state index in [4.69, 9.17) is 10.5 Å². The van der Waals surface area contributed by atoms with E-state index in [1.165, 1.54) is 12.4 Å². The van der Waals surface area contributed by atoms with Crippen molar-refractivity contribution in [1.82, 2.24) is 24.6 Å². The molecule has 186 valence electrons. The summed E-state index contributed by atoms with van der Waals surface area (Å²) in [5, 5.41) is 10.8. The van der Waals surface area contributed by atoms with Crippen molar-refractivity contribution in [3.05, 3.63) is 40.8 Å². The number of anilines is 1. The van der Waals surface area contributed by atoms with Gasteiger partial charge in [0.1, 0.15) is 22.7 Å². The maximum atomic E-state index is 15.1. The van der Waals surface area contributed by atoms with Crippen LogP contribution in [-0.4, -0.2) is 58.6 Å². The average Bonchev–Trinajstić information content (AvgIpc) is 3.22. The van der Waals surface area contributed by atoms with E-state index in [0.717, 1.165) is 19.3 Å². The Balaban J connectivity index is 0.00000289. The van der Waals surface area contributed by atoms with Crippen molar-refractivity contribution in [2.75, 3.05) is 32.6 Å². The van der Waals surface area contributed by atoms with Gasteiger partial charge in [0, 0.05) is 38.9 Å². The van der Waals surface area contributed by atoms with Gasteiger partial charge in [0.05, 0.1) is 30.1 Å². The number of nitrogens with two attached hydrogens (primary N) is 1. The van der Waals surface area contributed by atoms with E-state index in [1.54, 1.807) is 23.4 Å². The second kappa shape index (κ2) is 9.81. The standard InChI is InChI=1S/C23H25F2N7O2.ClH/c1-27-23-19(22(26)33)17(30-32(23)14-7-12(10-34-2)28-9-14)6-5-15-16(24)8-18-21(20(15)25)29-11-31(18)13-3-4-13;/h8,11-14,27-28H,3-4,7,9-10H2,1-2H3,(H2,26,33);1H/t12-,14+;/m1./s1. The second-order valence-corrected chi connectivity index (χ2v) is 8.63. The summed E-state index contributed by atoms with van der Waals surface area (Å²) < 4.78 is 38.6. The predicted molar refractivity (Wildman–Crippen MR) is 129 cm³/mol. The van der Waals surface area contributed by atoms with Crippen molar-refractivity contribution in [3.8, 4) is 11.8 Å². The van der Waals surface area contributed by atoms with E-state index in [1.807, 2.05) is 0 Å². The number of methoxy groups -OCH3 is 1. The van der Waals surface area contributed by atoms with Crippen LogP contribution in [0, 0.1) is 23.5 Å². The Morgan fingerprint density at radius 2 is 2.11 bits per heavy atom. The van der Waals surface area contributed by atoms with Crippen LogP contribution in [0.1, 0.15) is 53.0 Å². The molecule has 0 unspecified atom stereocenters. The summed E-state index contributed by atoms with van der Waals surface area (Å²) in [7, 11) is 3.28. The van der Waals surface area contributed by atoms with Gasteiger partial charge in [-0.3, -0.25) is 4.79 Å². The first-order valence-electron chi connectivity index (χ1n) is 11.1. The number of nitrogens with zero attached hydrogens (tertiary/aromatic N) is 4. The topological polar surface area (TPSA) is 112 Å². The third-order valence-electron chi connectivity index (χ3n) is 6.31. The highest BCUT2D eigenvalue weighted by molar-refractivity contribution is 6.00. The zero-order valence-electron chi connectivity index (χ0n) is 19.3. The molecule has 1 amide bonds. The summed E-state index contributed by atoms with van der Waals surface area (Å²) >= 11 is 0. The quantitative estimate of drug-likeness (QED) is 0.443. The number of amides is 1. The van der Waals surface area contributed by atoms with Gasteiger partial charge in [0.15, 0.2) is 11.5 Å². The van der Waals surface area contributed by atoms with Crippen LogP contribution in [0.15, 0.2) is 12.4 Å². The van der Waals surface area contributed by atoms with Crippen LogP contribution in [0.3, 0.4) is 0 Å². The van der Waals surface area contributed by atoms with Crippen LogP contribution in [0.2, 0.25) is 0 Å². The molecule has 3 heterocycles. The molecule has 1 aliphatic heterocycles. The molecular weight excluding hydrogens is 480 g/mol. The second-order valence-electron chi connectivity index (χ2n) is 8.63. The highest BCUT2D eigenvalue weighted by Gasteiger charge is 2.31. The normalized spacial score (nSPS) is 19.3. The molecule has 0 radical (unpaired) electrons. The van der Waals surface area contributed by atoms with Gasteiger partial charge in [-0.15, -0.1) is 12.4 Å². The number of carbonyl (C=O) groups excluding carboxylic acids is 1. The Labute approximate surface area is 206 Å². The van der Waals surface area contributed by atoms with Gasteiger partial charge >= 0.3 is 0 Å². The SMILES string of the molecule is CNc1c(C(N)=O)c(C#Cc2c(F)cc3c(ncn3C3CC3)c2F)nn1[C@@H]1CN[C@@H](COC)C1.Cl. The number of hydrogen-bond acceptors (Lipinski definition) is 6. The fraction of sp³-hybridized carbons (Fsp3) is 0.435. The van der Waals surface area contributed by atoms with Gasteiger partial charge in [-0.1, -0.05) is 5.92 Å². The lowest BCUT2D eigenvalue weighted by Crippen LogP contribution is -2.25. The highest BCUT2D eigenvalue weighted by Crippen LogP contribution is 2.38. The van der Waals surface area contributed by atoms with E-state index in [9.17, 15) is 9.18 Å². The first-order valence-corrected chi connectivity index (χ1v) is 11.1. The molecule has 9 nitrogen and oxygen atoms in total. The number of halogens is 3. The van der Waals surface area contributed by atoms with Crippen molar-refractivity contribution < 1.29 is 18.3 Å². The molecule has 1 saturated heterocycles. The molecule has 2 atom stereocenters. The van der Waals surface area contributed by atoms with Gasteiger partial charge in [-0.25, -0.2) is 18.4 Å². The van der Waals surface area contributed by atoms with Gasteiger partial charge in [0.2, 0.25) is 0 Å². The van der Waals surface area contributed by atoms with Crippen molar-refractivity contribution in [2.24, 2.45) is 5.73 Å². The maximum absolute atomic E-state index is 15.1. The van der Waals surface area contributed by atoms with Crippen molar-refractivity contribution in [3.63, 3.8) is 0 Å². The van der Waals surface area contributed by atoms with Gasteiger partial charge in [-0.05, 0) is 25.2 Å². The molecule has 2 aliphatic rings. The van der Waals surface area contributed by atoms with Crippen LogP contribution in [0.5, 0.6) is 0 Å². The number of primary amides is 1. The monoisotopic (exact) mass is 505 g/mol. The molecule has 1 saturated carbocycles. The third kappa shape index (κ3) is 4.45. The van der Waals surface area contributed by atoms with Crippen LogP contribution in [0.4, 0.5) is 14.6 Å².